The monoisotopic (exact) mass is 470 g/mol. The summed E-state index contributed by atoms with van der Waals surface area (Å²) in [5, 5.41) is 0. The van der Waals surface area contributed by atoms with Crippen molar-refractivity contribution in [2.24, 2.45) is 11.8 Å². The molecule has 0 aliphatic carbocycles. The molecule has 0 fully saturated rings. The van der Waals surface area contributed by atoms with Gasteiger partial charge in [0.15, 0.2) is 11.6 Å². The zero-order valence-corrected chi connectivity index (χ0v) is 19.4. The number of methoxy groups -OCH3 is 1. The first-order valence-corrected chi connectivity index (χ1v) is 11.2. The molecule has 7 nitrogen and oxygen atoms in total. The molecule has 35 heavy (non-hydrogen) atoms. The minimum atomic E-state index is -1.43. The topological polar surface area (TPSA) is 96.0 Å². The summed E-state index contributed by atoms with van der Waals surface area (Å²) in [6.07, 6.45) is 0. The van der Waals surface area contributed by atoms with E-state index in [0.717, 1.165) is 11.1 Å². The van der Waals surface area contributed by atoms with Gasteiger partial charge in [-0.15, -0.1) is 0 Å². The SMILES string of the molecule is COc1cccc(C(C2C(=O)Oc3ccc(C)cc3C2=O)C2C(=O)Oc3ccc(C)cc3C2=O)c1. The van der Waals surface area contributed by atoms with Gasteiger partial charge in [0.05, 0.1) is 18.2 Å². The van der Waals surface area contributed by atoms with Crippen LogP contribution in [-0.4, -0.2) is 30.6 Å². The van der Waals surface area contributed by atoms with E-state index < -0.39 is 41.3 Å². The number of benzene rings is 3. The van der Waals surface area contributed by atoms with Crippen LogP contribution in [-0.2, 0) is 9.59 Å². The highest BCUT2D eigenvalue weighted by Crippen LogP contribution is 2.44. The Morgan fingerprint density at radius 3 is 1.71 bits per heavy atom. The van der Waals surface area contributed by atoms with Crippen molar-refractivity contribution < 1.29 is 33.4 Å². The fourth-order valence-corrected chi connectivity index (χ4v) is 4.79. The van der Waals surface area contributed by atoms with E-state index in [2.05, 4.69) is 0 Å². The standard InChI is InChI=1S/C28H22O7/c1-14-7-9-20-18(11-14)25(29)23(27(31)34-20)22(16-5-4-6-17(13-16)33-3)24-26(30)19-12-15(2)8-10-21(19)35-28(24)32/h4-13,22-24H,1-3H3. The molecule has 3 aromatic carbocycles. The molecule has 2 heterocycles. The highest BCUT2D eigenvalue weighted by atomic mass is 16.5. The molecule has 176 valence electrons. The number of hydrogen-bond acceptors (Lipinski definition) is 7. The van der Waals surface area contributed by atoms with Crippen LogP contribution in [0.3, 0.4) is 0 Å². The Morgan fingerprint density at radius 1 is 0.714 bits per heavy atom. The highest BCUT2D eigenvalue weighted by molar-refractivity contribution is 6.18. The number of fused-ring (bicyclic) bond motifs is 2. The number of Topliss-reactive ketones (excluding diaryl/α,β-unsaturated/α-hetero) is 2. The minimum absolute atomic E-state index is 0.157. The molecule has 2 unspecified atom stereocenters. The van der Waals surface area contributed by atoms with Crippen molar-refractivity contribution in [1.29, 1.82) is 0 Å². The van der Waals surface area contributed by atoms with Crippen molar-refractivity contribution >= 4 is 23.5 Å². The highest BCUT2D eigenvalue weighted by Gasteiger charge is 2.52. The van der Waals surface area contributed by atoms with E-state index >= 15 is 0 Å². The molecule has 2 aliphatic rings. The molecular formula is C28H22O7. The van der Waals surface area contributed by atoms with Crippen LogP contribution < -0.4 is 14.2 Å². The lowest BCUT2D eigenvalue weighted by Gasteiger charge is -2.34. The molecule has 2 aliphatic heterocycles. The summed E-state index contributed by atoms with van der Waals surface area (Å²) in [7, 11) is 1.48. The Balaban J connectivity index is 1.69. The largest absolute Gasteiger partial charge is 0.497 e. The van der Waals surface area contributed by atoms with Crippen LogP contribution in [0.2, 0.25) is 0 Å². The molecule has 2 atom stereocenters. The number of rotatable bonds is 4. The third-order valence-electron chi connectivity index (χ3n) is 6.49. The Kier molecular flexibility index (Phi) is 5.47. The number of ether oxygens (including phenoxy) is 3. The first-order valence-electron chi connectivity index (χ1n) is 11.2. The van der Waals surface area contributed by atoms with Gasteiger partial charge in [-0.05, 0) is 55.8 Å². The van der Waals surface area contributed by atoms with E-state index in [-0.39, 0.29) is 22.6 Å². The van der Waals surface area contributed by atoms with E-state index in [9.17, 15) is 19.2 Å². The first kappa shape index (κ1) is 22.5. The average molecular weight is 470 g/mol. The smallest absolute Gasteiger partial charge is 0.322 e. The first-order chi connectivity index (χ1) is 16.8. The summed E-state index contributed by atoms with van der Waals surface area (Å²) in [6, 6.07) is 16.5. The van der Waals surface area contributed by atoms with Crippen LogP contribution in [0.4, 0.5) is 0 Å². The maximum Gasteiger partial charge on any atom is 0.322 e. The molecule has 7 heteroatoms. The predicted octanol–water partition coefficient (Wildman–Crippen LogP) is 4.23. The van der Waals surface area contributed by atoms with E-state index in [4.69, 9.17) is 14.2 Å². The molecule has 3 aromatic rings. The molecule has 0 spiro atoms. The van der Waals surface area contributed by atoms with Crippen LogP contribution in [0, 0.1) is 25.7 Å². The van der Waals surface area contributed by atoms with Crippen LogP contribution in [0.15, 0.2) is 60.7 Å². The second kappa shape index (κ2) is 8.51. The molecule has 0 N–H and O–H groups in total. The second-order valence-corrected chi connectivity index (χ2v) is 8.83. The summed E-state index contributed by atoms with van der Waals surface area (Å²) in [6.45, 7) is 3.64. The van der Waals surface area contributed by atoms with Crippen molar-refractivity contribution in [3.63, 3.8) is 0 Å². The normalized spacial score (nSPS) is 19.9. The lowest BCUT2D eigenvalue weighted by molar-refractivity contribution is -0.142. The van der Waals surface area contributed by atoms with Gasteiger partial charge in [-0.2, -0.15) is 0 Å². The summed E-state index contributed by atoms with van der Waals surface area (Å²) in [5.74, 6) is -5.92. The molecule has 0 aromatic heterocycles. The molecule has 0 radical (unpaired) electrons. The molecule has 0 bridgehead atoms. The maximum atomic E-state index is 13.7. The van der Waals surface area contributed by atoms with Gasteiger partial charge in [0.1, 0.15) is 29.1 Å². The van der Waals surface area contributed by atoms with Gasteiger partial charge in [0, 0.05) is 5.92 Å². The Bertz CT molecular complexity index is 1320. The molecule has 0 saturated heterocycles. The van der Waals surface area contributed by atoms with E-state index in [1.807, 2.05) is 13.8 Å². The number of aryl methyl sites for hydroxylation is 2. The quantitative estimate of drug-likeness (QED) is 0.320. The van der Waals surface area contributed by atoms with Gasteiger partial charge in [0.2, 0.25) is 0 Å². The molecule has 5 rings (SSSR count). The van der Waals surface area contributed by atoms with Crippen LogP contribution in [0.5, 0.6) is 17.2 Å². The van der Waals surface area contributed by atoms with Gasteiger partial charge in [-0.1, -0.05) is 35.4 Å². The van der Waals surface area contributed by atoms with Crippen molar-refractivity contribution in [3.05, 3.63) is 88.5 Å². The van der Waals surface area contributed by atoms with E-state index in [1.54, 1.807) is 60.7 Å². The third kappa shape index (κ3) is 3.79. The van der Waals surface area contributed by atoms with Crippen LogP contribution in [0.25, 0.3) is 0 Å². The summed E-state index contributed by atoms with van der Waals surface area (Å²) >= 11 is 0. The molecule has 0 amide bonds. The van der Waals surface area contributed by atoms with Gasteiger partial charge in [0.25, 0.3) is 0 Å². The Labute approximate surface area is 201 Å². The predicted molar refractivity (Wildman–Crippen MR) is 125 cm³/mol. The van der Waals surface area contributed by atoms with E-state index in [1.165, 1.54) is 7.11 Å². The molecule has 0 saturated carbocycles. The van der Waals surface area contributed by atoms with Crippen molar-refractivity contribution in [2.75, 3.05) is 7.11 Å². The number of carbonyl (C=O) groups is 4. The summed E-state index contributed by atoms with van der Waals surface area (Å²) in [5.41, 5.74) is 2.50. The lowest BCUT2D eigenvalue weighted by Crippen LogP contribution is -2.46. The summed E-state index contributed by atoms with van der Waals surface area (Å²) in [4.78, 5) is 53.9. The number of esters is 2. The zero-order chi connectivity index (χ0) is 24.9. The fraction of sp³-hybridized carbons (Fsp3) is 0.214. The van der Waals surface area contributed by atoms with Crippen molar-refractivity contribution in [1.82, 2.24) is 0 Å². The Morgan fingerprint density at radius 2 is 1.23 bits per heavy atom. The van der Waals surface area contributed by atoms with Gasteiger partial charge in [-0.25, -0.2) is 0 Å². The fourth-order valence-electron chi connectivity index (χ4n) is 4.79. The van der Waals surface area contributed by atoms with Gasteiger partial charge >= 0.3 is 11.9 Å². The zero-order valence-electron chi connectivity index (χ0n) is 19.4. The Hall–Kier alpha value is -4.26. The van der Waals surface area contributed by atoms with Crippen molar-refractivity contribution in [3.8, 4) is 17.2 Å². The maximum absolute atomic E-state index is 13.7. The molecular weight excluding hydrogens is 448 g/mol. The minimum Gasteiger partial charge on any atom is -0.497 e. The third-order valence-corrected chi connectivity index (χ3v) is 6.49. The number of ketones is 2. The number of carbonyl (C=O) groups excluding carboxylic acids is 4. The van der Waals surface area contributed by atoms with Gasteiger partial charge in [-0.3, -0.25) is 19.2 Å². The van der Waals surface area contributed by atoms with Crippen LogP contribution >= 0.6 is 0 Å². The van der Waals surface area contributed by atoms with Crippen molar-refractivity contribution in [2.45, 2.75) is 19.8 Å². The average Bonchev–Trinajstić information content (AvgIpc) is 2.84. The van der Waals surface area contributed by atoms with E-state index in [0.29, 0.717) is 11.3 Å². The second-order valence-electron chi connectivity index (χ2n) is 8.83. The lowest BCUT2D eigenvalue weighted by atomic mass is 9.70. The number of hydrogen-bond donors (Lipinski definition) is 0. The summed E-state index contributed by atoms with van der Waals surface area (Å²) < 4.78 is 16.4. The van der Waals surface area contributed by atoms with Gasteiger partial charge < -0.3 is 14.2 Å². The van der Waals surface area contributed by atoms with Crippen LogP contribution in [0.1, 0.15) is 43.3 Å².